The Balaban J connectivity index is 0.993. The van der Waals surface area contributed by atoms with E-state index in [4.69, 9.17) is 4.42 Å². The lowest BCUT2D eigenvalue weighted by Gasteiger charge is -2.30. The Morgan fingerprint density at radius 3 is 1.49 bits per heavy atom. The lowest BCUT2D eigenvalue weighted by molar-refractivity contribution is 0.507. The number of fused-ring (bicyclic) bond motifs is 15. The van der Waals surface area contributed by atoms with Gasteiger partial charge in [-0.1, -0.05) is 146 Å². The molecule has 0 saturated carbocycles. The van der Waals surface area contributed by atoms with Gasteiger partial charge in [-0.2, -0.15) is 0 Å². The number of para-hydroxylation sites is 6. The van der Waals surface area contributed by atoms with Crippen LogP contribution in [0.25, 0.3) is 60.7 Å². The minimum Gasteiger partial charge on any atom is -0.459 e. The first kappa shape index (κ1) is 37.5. The molecule has 0 aliphatic heterocycles. The van der Waals surface area contributed by atoms with Crippen molar-refractivity contribution in [1.29, 1.82) is 0 Å². The summed E-state index contributed by atoms with van der Waals surface area (Å²) in [7, 11) is 0. The van der Waals surface area contributed by atoms with Crippen molar-refractivity contribution < 1.29 is 4.42 Å². The molecule has 2 heterocycles. The fraction of sp³-hybridized carbons (Fsp3) is 0.0159. The largest absolute Gasteiger partial charge is 0.459 e. The molecule has 4 nitrogen and oxygen atoms in total. The molecule has 14 rings (SSSR count). The van der Waals surface area contributed by atoms with Crippen molar-refractivity contribution in [3.05, 3.63) is 271 Å². The van der Waals surface area contributed by atoms with Crippen molar-refractivity contribution in [3.8, 4) is 27.9 Å². The molecule has 1 unspecified atom stereocenters. The second-order valence-electron chi connectivity index (χ2n) is 17.6. The zero-order valence-corrected chi connectivity index (χ0v) is 36.4. The molecular formula is C63H41N3O. The second-order valence-corrected chi connectivity index (χ2v) is 17.6. The predicted molar refractivity (Wildman–Crippen MR) is 276 cm³/mol. The van der Waals surface area contributed by atoms with Gasteiger partial charge < -0.3 is 18.8 Å². The number of nitrogens with zero attached hydrogens (tertiary/aromatic N) is 3. The van der Waals surface area contributed by atoms with Gasteiger partial charge in [0, 0.05) is 61.5 Å². The average molecular weight is 856 g/mol. The van der Waals surface area contributed by atoms with Crippen molar-refractivity contribution in [3.63, 3.8) is 0 Å². The summed E-state index contributed by atoms with van der Waals surface area (Å²) >= 11 is 0. The second kappa shape index (κ2) is 14.6. The third kappa shape index (κ3) is 5.41. The van der Waals surface area contributed by atoms with E-state index < -0.39 is 5.41 Å². The number of furan rings is 1. The van der Waals surface area contributed by atoms with Crippen molar-refractivity contribution in [2.75, 3.05) is 9.80 Å². The predicted octanol–water partition coefficient (Wildman–Crippen LogP) is 16.8. The Morgan fingerprint density at radius 2 is 0.806 bits per heavy atom. The van der Waals surface area contributed by atoms with E-state index in [-0.39, 0.29) is 0 Å². The van der Waals surface area contributed by atoms with Gasteiger partial charge in [-0.3, -0.25) is 0 Å². The molecule has 0 bridgehead atoms. The number of rotatable bonds is 7. The first-order valence-corrected chi connectivity index (χ1v) is 23.0. The summed E-state index contributed by atoms with van der Waals surface area (Å²) in [6.07, 6.45) is 0. The van der Waals surface area contributed by atoms with E-state index in [9.17, 15) is 0 Å². The highest BCUT2D eigenvalue weighted by Gasteiger charge is 2.55. The SMILES string of the molecule is c1ccc(N(c2ccccc2)c2ccc3c(c2)-c2ccccc2C32c3ccc(N(c4ccccc4)c4ccc5c(c4)c4ccccc4n5-c4ccccc4)cc3-c3c2oc2ccccc32)cc1. The van der Waals surface area contributed by atoms with Gasteiger partial charge in [0.15, 0.2) is 0 Å². The van der Waals surface area contributed by atoms with Gasteiger partial charge in [-0.15, -0.1) is 0 Å². The van der Waals surface area contributed by atoms with E-state index in [1.54, 1.807) is 0 Å². The molecule has 2 aliphatic carbocycles. The highest BCUT2D eigenvalue weighted by atomic mass is 16.3. The molecule has 67 heavy (non-hydrogen) atoms. The summed E-state index contributed by atoms with van der Waals surface area (Å²) in [6.45, 7) is 0. The maximum atomic E-state index is 7.23. The monoisotopic (exact) mass is 855 g/mol. The fourth-order valence-corrected chi connectivity index (χ4v) is 11.4. The van der Waals surface area contributed by atoms with Crippen LogP contribution in [0.5, 0.6) is 0 Å². The Morgan fingerprint density at radius 1 is 0.328 bits per heavy atom. The van der Waals surface area contributed by atoms with E-state index in [0.717, 1.165) is 62.1 Å². The smallest absolute Gasteiger partial charge is 0.135 e. The van der Waals surface area contributed by atoms with E-state index in [1.807, 2.05) is 0 Å². The summed E-state index contributed by atoms with van der Waals surface area (Å²) < 4.78 is 9.61. The van der Waals surface area contributed by atoms with Gasteiger partial charge in [-0.25, -0.2) is 0 Å². The van der Waals surface area contributed by atoms with Crippen LogP contribution in [0.15, 0.2) is 253 Å². The lowest BCUT2D eigenvalue weighted by Crippen LogP contribution is -2.25. The summed E-state index contributed by atoms with van der Waals surface area (Å²) in [4.78, 5) is 4.76. The summed E-state index contributed by atoms with van der Waals surface area (Å²) in [5.74, 6) is 0.976. The molecule has 314 valence electrons. The molecule has 0 amide bonds. The van der Waals surface area contributed by atoms with Crippen molar-refractivity contribution in [2.24, 2.45) is 0 Å². The van der Waals surface area contributed by atoms with Gasteiger partial charge >= 0.3 is 0 Å². The highest BCUT2D eigenvalue weighted by molar-refractivity contribution is 6.11. The normalized spacial score (nSPS) is 14.3. The van der Waals surface area contributed by atoms with Crippen LogP contribution in [0.1, 0.15) is 22.5 Å². The molecule has 0 radical (unpaired) electrons. The molecule has 2 aliphatic rings. The molecule has 1 atom stereocenters. The molecule has 4 heteroatoms. The van der Waals surface area contributed by atoms with Crippen LogP contribution in [0.4, 0.5) is 34.1 Å². The van der Waals surface area contributed by atoms with Gasteiger partial charge in [-0.05, 0) is 137 Å². The lowest BCUT2D eigenvalue weighted by atomic mass is 9.73. The molecule has 1 spiro atoms. The maximum Gasteiger partial charge on any atom is 0.135 e. The molecule has 12 aromatic rings. The highest BCUT2D eigenvalue weighted by Crippen LogP contribution is 2.65. The van der Waals surface area contributed by atoms with Crippen molar-refractivity contribution in [2.45, 2.75) is 5.41 Å². The summed E-state index contributed by atoms with van der Waals surface area (Å²) in [5.41, 5.74) is 18.8. The van der Waals surface area contributed by atoms with Crippen LogP contribution >= 0.6 is 0 Å². The standard InChI is InChI=1S/C63H41N3O/c1-5-19-42(20-6-1)64(43-21-7-2-8-22-43)46-33-36-56-52(39-46)49-27-13-16-30-55(49)63(56)57-37-34-47(41-54(57)61-51-29-15-18-32-60(51)67-62(61)63)65(44-23-9-3-10-24-44)48-35-38-59-53(40-48)50-28-14-17-31-58(50)66(59)45-25-11-4-12-26-45/h1-41H. The molecule has 0 N–H and O–H groups in total. The third-order valence-electron chi connectivity index (χ3n) is 14.1. The minimum absolute atomic E-state index is 0.674. The Hall–Kier alpha value is -8.86. The number of anilines is 6. The Kier molecular flexibility index (Phi) is 8.16. The fourth-order valence-electron chi connectivity index (χ4n) is 11.4. The van der Waals surface area contributed by atoms with Crippen LogP contribution in [-0.2, 0) is 5.41 Å². The van der Waals surface area contributed by atoms with Gasteiger partial charge in [0.1, 0.15) is 16.8 Å². The third-order valence-corrected chi connectivity index (χ3v) is 14.1. The van der Waals surface area contributed by atoms with Crippen molar-refractivity contribution >= 4 is 66.9 Å². The molecule has 10 aromatic carbocycles. The topological polar surface area (TPSA) is 24.6 Å². The number of benzene rings is 10. The Bertz CT molecular complexity index is 3830. The first-order chi connectivity index (χ1) is 33.3. The number of hydrogen-bond acceptors (Lipinski definition) is 3. The maximum absolute atomic E-state index is 7.23. The van der Waals surface area contributed by atoms with Gasteiger partial charge in [0.25, 0.3) is 0 Å². The van der Waals surface area contributed by atoms with Gasteiger partial charge in [0.05, 0.1) is 11.0 Å². The molecule has 0 fully saturated rings. The molecule has 0 saturated heterocycles. The first-order valence-electron chi connectivity index (χ1n) is 23.0. The average Bonchev–Trinajstić information content (AvgIpc) is 4.11. The van der Waals surface area contributed by atoms with Crippen LogP contribution in [0.2, 0.25) is 0 Å². The molecular weight excluding hydrogens is 815 g/mol. The minimum atomic E-state index is -0.674. The number of aromatic nitrogens is 1. The van der Waals surface area contributed by atoms with Crippen LogP contribution in [-0.4, -0.2) is 4.57 Å². The summed E-state index contributed by atoms with van der Waals surface area (Å²) in [5, 5.41) is 3.55. The van der Waals surface area contributed by atoms with E-state index in [2.05, 4.69) is 263 Å². The van der Waals surface area contributed by atoms with Crippen LogP contribution in [0.3, 0.4) is 0 Å². The van der Waals surface area contributed by atoms with Crippen molar-refractivity contribution in [1.82, 2.24) is 4.57 Å². The number of hydrogen-bond donors (Lipinski definition) is 0. The summed E-state index contributed by atoms with van der Waals surface area (Å²) in [6, 6.07) is 90.1. The quantitative estimate of drug-likeness (QED) is 0.160. The van der Waals surface area contributed by atoms with E-state index >= 15 is 0 Å². The van der Waals surface area contributed by atoms with Crippen LogP contribution in [0, 0.1) is 0 Å². The van der Waals surface area contributed by atoms with Crippen LogP contribution < -0.4 is 9.80 Å². The van der Waals surface area contributed by atoms with E-state index in [0.29, 0.717) is 0 Å². The van der Waals surface area contributed by atoms with Gasteiger partial charge in [0.2, 0.25) is 0 Å². The Labute approximate surface area is 388 Å². The zero-order chi connectivity index (χ0) is 44.1. The molecule has 2 aromatic heterocycles. The zero-order valence-electron chi connectivity index (χ0n) is 36.4. The van der Waals surface area contributed by atoms with E-state index in [1.165, 1.54) is 55.2 Å².